The fraction of sp³-hybridized carbons (Fsp3) is 0.444. The highest BCUT2D eigenvalue weighted by molar-refractivity contribution is 9.10. The van der Waals surface area contributed by atoms with Gasteiger partial charge in [0.2, 0.25) is 5.88 Å². The number of hydrogen-bond acceptors (Lipinski definition) is 3. The molecule has 1 unspecified atom stereocenters. The van der Waals surface area contributed by atoms with Crippen LogP contribution < -0.4 is 10.1 Å². The monoisotopic (exact) mass is 242 g/mol. The number of pyridine rings is 1. The van der Waals surface area contributed by atoms with Crippen molar-refractivity contribution in [3.8, 4) is 5.88 Å². The Morgan fingerprint density at radius 2 is 2.46 bits per heavy atom. The number of nitrogens with zero attached hydrogens (tertiary/aromatic N) is 1. The summed E-state index contributed by atoms with van der Waals surface area (Å²) in [5.41, 5.74) is 0. The van der Waals surface area contributed by atoms with Crippen molar-refractivity contribution in [2.45, 2.75) is 12.5 Å². The summed E-state index contributed by atoms with van der Waals surface area (Å²) < 4.78 is 6.47. The number of hydrogen-bond donors (Lipinski definition) is 1. The Bertz CT molecular complexity index is 287. The van der Waals surface area contributed by atoms with Crippen LogP contribution in [0.2, 0.25) is 0 Å². The van der Waals surface area contributed by atoms with E-state index >= 15 is 0 Å². The molecule has 1 N–H and O–H groups in total. The Balaban J connectivity index is 2.00. The average molecular weight is 243 g/mol. The highest BCUT2D eigenvalue weighted by Crippen LogP contribution is 2.15. The molecular formula is C9H11BrN2O. The molecule has 13 heavy (non-hydrogen) atoms. The first-order chi connectivity index (χ1) is 6.34. The molecule has 1 saturated heterocycles. The zero-order valence-electron chi connectivity index (χ0n) is 7.16. The Hall–Kier alpha value is -0.610. The molecule has 70 valence electrons. The van der Waals surface area contributed by atoms with E-state index in [1.807, 2.05) is 18.2 Å². The third-order valence-electron chi connectivity index (χ3n) is 1.99. The van der Waals surface area contributed by atoms with Crippen LogP contribution in [0.25, 0.3) is 0 Å². The second-order valence-corrected chi connectivity index (χ2v) is 3.84. The van der Waals surface area contributed by atoms with Crippen LogP contribution >= 0.6 is 15.9 Å². The van der Waals surface area contributed by atoms with Gasteiger partial charge in [0.05, 0.1) is 0 Å². The van der Waals surface area contributed by atoms with Gasteiger partial charge >= 0.3 is 0 Å². The van der Waals surface area contributed by atoms with Crippen molar-refractivity contribution in [1.29, 1.82) is 0 Å². The molecule has 0 radical (unpaired) electrons. The predicted molar refractivity (Wildman–Crippen MR) is 53.8 cm³/mol. The van der Waals surface area contributed by atoms with Gasteiger partial charge in [-0.1, -0.05) is 6.07 Å². The summed E-state index contributed by atoms with van der Waals surface area (Å²) in [6.07, 6.45) is 1.34. The Labute approximate surface area is 85.6 Å². The summed E-state index contributed by atoms with van der Waals surface area (Å²) in [6.45, 7) is 1.97. The molecular weight excluding hydrogens is 232 g/mol. The van der Waals surface area contributed by atoms with Crippen molar-refractivity contribution in [2.24, 2.45) is 0 Å². The van der Waals surface area contributed by atoms with Crippen LogP contribution in [0.3, 0.4) is 0 Å². The third-order valence-corrected chi connectivity index (χ3v) is 2.43. The molecule has 0 aliphatic carbocycles. The summed E-state index contributed by atoms with van der Waals surface area (Å²) in [5.74, 6) is 0.697. The van der Waals surface area contributed by atoms with Gasteiger partial charge in [0.25, 0.3) is 0 Å². The minimum absolute atomic E-state index is 0.279. The van der Waals surface area contributed by atoms with Crippen molar-refractivity contribution < 1.29 is 4.74 Å². The van der Waals surface area contributed by atoms with Gasteiger partial charge in [-0.2, -0.15) is 0 Å². The maximum atomic E-state index is 5.65. The van der Waals surface area contributed by atoms with Crippen molar-refractivity contribution in [3.63, 3.8) is 0 Å². The van der Waals surface area contributed by atoms with Crippen LogP contribution in [-0.2, 0) is 0 Å². The normalized spacial score (nSPS) is 21.8. The van der Waals surface area contributed by atoms with Crippen LogP contribution in [0.5, 0.6) is 5.88 Å². The lowest BCUT2D eigenvalue weighted by Gasteiger charge is -2.10. The minimum Gasteiger partial charge on any atom is -0.473 e. The number of rotatable bonds is 2. The van der Waals surface area contributed by atoms with Crippen LogP contribution in [0.15, 0.2) is 22.8 Å². The maximum Gasteiger partial charge on any atom is 0.214 e. The molecule has 0 amide bonds. The molecule has 2 rings (SSSR count). The molecule has 3 nitrogen and oxygen atoms in total. The van der Waals surface area contributed by atoms with E-state index in [0.29, 0.717) is 5.88 Å². The minimum atomic E-state index is 0.279. The van der Waals surface area contributed by atoms with Gasteiger partial charge in [-0.3, -0.25) is 0 Å². The zero-order valence-corrected chi connectivity index (χ0v) is 8.75. The lowest BCUT2D eigenvalue weighted by atomic mass is 10.3. The molecule has 0 aromatic carbocycles. The van der Waals surface area contributed by atoms with Crippen molar-refractivity contribution in [2.75, 3.05) is 13.1 Å². The van der Waals surface area contributed by atoms with E-state index in [-0.39, 0.29) is 6.10 Å². The largest absolute Gasteiger partial charge is 0.473 e. The third kappa shape index (κ3) is 2.42. The van der Waals surface area contributed by atoms with Gasteiger partial charge in [0.15, 0.2) is 0 Å². The second kappa shape index (κ2) is 4.07. The summed E-state index contributed by atoms with van der Waals surface area (Å²) in [6, 6.07) is 5.69. The Morgan fingerprint density at radius 1 is 1.54 bits per heavy atom. The van der Waals surface area contributed by atoms with Gasteiger partial charge in [0.1, 0.15) is 10.7 Å². The van der Waals surface area contributed by atoms with E-state index in [4.69, 9.17) is 4.74 Å². The van der Waals surface area contributed by atoms with Crippen molar-refractivity contribution in [1.82, 2.24) is 10.3 Å². The van der Waals surface area contributed by atoms with Crippen LogP contribution in [0.1, 0.15) is 6.42 Å². The van der Waals surface area contributed by atoms with Gasteiger partial charge in [0, 0.05) is 12.6 Å². The number of ether oxygens (including phenoxy) is 1. The standard InChI is InChI=1S/C9H11BrN2O/c10-8-2-1-3-9(12-8)13-7-4-5-11-6-7/h1-3,7,11H,4-6H2. The van der Waals surface area contributed by atoms with Crippen molar-refractivity contribution in [3.05, 3.63) is 22.8 Å². The lowest BCUT2D eigenvalue weighted by molar-refractivity contribution is 0.213. The van der Waals surface area contributed by atoms with Crippen molar-refractivity contribution >= 4 is 15.9 Å². The number of halogens is 1. The molecule has 1 atom stereocenters. The molecule has 4 heteroatoms. The molecule has 1 aromatic rings. The molecule has 1 fully saturated rings. The first kappa shape index (κ1) is 8.97. The smallest absolute Gasteiger partial charge is 0.214 e. The highest BCUT2D eigenvalue weighted by atomic mass is 79.9. The maximum absolute atomic E-state index is 5.65. The van der Waals surface area contributed by atoms with E-state index in [9.17, 15) is 0 Å². The Morgan fingerprint density at radius 3 is 3.15 bits per heavy atom. The molecule has 1 aliphatic heterocycles. The summed E-state index contributed by atoms with van der Waals surface area (Å²) in [4.78, 5) is 4.20. The van der Waals surface area contributed by atoms with E-state index < -0.39 is 0 Å². The quantitative estimate of drug-likeness (QED) is 0.801. The molecule has 0 saturated carbocycles. The van der Waals surface area contributed by atoms with Gasteiger partial charge in [-0.15, -0.1) is 0 Å². The molecule has 1 aromatic heterocycles. The van der Waals surface area contributed by atoms with E-state index in [1.54, 1.807) is 0 Å². The fourth-order valence-electron chi connectivity index (χ4n) is 1.35. The molecule has 0 spiro atoms. The predicted octanol–water partition coefficient (Wildman–Crippen LogP) is 1.58. The first-order valence-electron chi connectivity index (χ1n) is 4.34. The molecule has 0 bridgehead atoms. The van der Waals surface area contributed by atoms with E-state index in [0.717, 1.165) is 24.1 Å². The summed E-state index contributed by atoms with van der Waals surface area (Å²) in [5, 5.41) is 3.24. The van der Waals surface area contributed by atoms with Gasteiger partial charge < -0.3 is 10.1 Å². The van der Waals surface area contributed by atoms with Gasteiger partial charge in [-0.05, 0) is 35.0 Å². The SMILES string of the molecule is Brc1cccc(OC2CCNC2)n1. The van der Waals surface area contributed by atoms with E-state index in [2.05, 4.69) is 26.2 Å². The Kier molecular flexibility index (Phi) is 2.80. The van der Waals surface area contributed by atoms with Crippen LogP contribution in [0.4, 0.5) is 0 Å². The lowest BCUT2D eigenvalue weighted by Crippen LogP contribution is -2.19. The average Bonchev–Trinajstić information content (AvgIpc) is 2.57. The van der Waals surface area contributed by atoms with Gasteiger partial charge in [-0.25, -0.2) is 4.98 Å². The zero-order chi connectivity index (χ0) is 9.10. The summed E-state index contributed by atoms with van der Waals surface area (Å²) >= 11 is 3.30. The fourth-order valence-corrected chi connectivity index (χ4v) is 1.68. The topological polar surface area (TPSA) is 34.1 Å². The molecule has 1 aliphatic rings. The second-order valence-electron chi connectivity index (χ2n) is 3.03. The van der Waals surface area contributed by atoms with Crippen LogP contribution in [0, 0.1) is 0 Å². The number of aromatic nitrogens is 1. The summed E-state index contributed by atoms with van der Waals surface area (Å²) in [7, 11) is 0. The first-order valence-corrected chi connectivity index (χ1v) is 5.14. The highest BCUT2D eigenvalue weighted by Gasteiger charge is 2.16. The molecule has 2 heterocycles. The van der Waals surface area contributed by atoms with Crippen LogP contribution in [-0.4, -0.2) is 24.2 Å². The number of nitrogens with one attached hydrogen (secondary N) is 1. The van der Waals surface area contributed by atoms with E-state index in [1.165, 1.54) is 0 Å².